The summed E-state index contributed by atoms with van der Waals surface area (Å²) < 4.78 is 18.7. The molecule has 1 saturated carbocycles. The first kappa shape index (κ1) is 18.4. The van der Waals surface area contributed by atoms with Crippen molar-refractivity contribution in [3.63, 3.8) is 0 Å². The number of rotatable bonds is 5. The lowest BCUT2D eigenvalue weighted by Crippen LogP contribution is -2.36. The summed E-state index contributed by atoms with van der Waals surface area (Å²) in [5.41, 5.74) is 1.60. The second kappa shape index (κ2) is 7.56. The number of thioether (sulfide) groups is 1. The summed E-state index contributed by atoms with van der Waals surface area (Å²) >= 11 is 1.50. The molecular formula is C20H24N2O4S. The average molecular weight is 388 g/mol. The lowest BCUT2D eigenvalue weighted by molar-refractivity contribution is 0.0106. The lowest BCUT2D eigenvalue weighted by Gasteiger charge is -2.36. The highest BCUT2D eigenvalue weighted by molar-refractivity contribution is 8.03. The molecule has 2 heterocycles. The normalized spacial score (nSPS) is 23.0. The molecule has 6 nitrogen and oxygen atoms in total. The van der Waals surface area contributed by atoms with Gasteiger partial charge in [-0.2, -0.15) is 0 Å². The predicted octanol–water partition coefficient (Wildman–Crippen LogP) is 4.21. The van der Waals surface area contributed by atoms with Crippen LogP contribution in [0.15, 0.2) is 39.0 Å². The number of para-hydroxylation sites is 1. The van der Waals surface area contributed by atoms with E-state index in [0.29, 0.717) is 24.1 Å². The molecule has 2 aliphatic rings. The number of methoxy groups -OCH3 is 1. The number of ether oxygens (including phenoxy) is 2. The molecule has 0 saturated heterocycles. The Morgan fingerprint density at radius 3 is 2.85 bits per heavy atom. The highest BCUT2D eigenvalue weighted by atomic mass is 32.2. The minimum Gasteiger partial charge on any atom is -0.496 e. The van der Waals surface area contributed by atoms with Crippen molar-refractivity contribution in [2.75, 3.05) is 13.7 Å². The second-order valence-corrected chi connectivity index (χ2v) is 8.16. The smallest absolute Gasteiger partial charge is 0.446 e. The minimum absolute atomic E-state index is 0.456. The van der Waals surface area contributed by atoms with Gasteiger partial charge in [-0.15, -0.1) is 0 Å². The molecule has 0 amide bonds. The zero-order chi connectivity index (χ0) is 18.9. The number of benzene rings is 1. The van der Waals surface area contributed by atoms with Crippen molar-refractivity contribution >= 4 is 17.5 Å². The Labute approximate surface area is 162 Å². The van der Waals surface area contributed by atoms with Crippen molar-refractivity contribution in [3.05, 3.63) is 51.6 Å². The monoisotopic (exact) mass is 388 g/mol. The largest absolute Gasteiger partial charge is 0.496 e. The van der Waals surface area contributed by atoms with E-state index >= 15 is 0 Å². The van der Waals surface area contributed by atoms with Gasteiger partial charge in [-0.3, -0.25) is 4.52 Å². The van der Waals surface area contributed by atoms with E-state index in [2.05, 4.69) is 5.16 Å². The molecule has 144 valence electrons. The number of aromatic nitrogens is 2. The van der Waals surface area contributed by atoms with Gasteiger partial charge in [-0.05, 0) is 37.2 Å². The van der Waals surface area contributed by atoms with E-state index in [0.717, 1.165) is 11.3 Å². The van der Waals surface area contributed by atoms with Crippen molar-refractivity contribution in [1.29, 1.82) is 0 Å². The van der Waals surface area contributed by atoms with Crippen LogP contribution in [-0.2, 0) is 9.67 Å². The molecule has 0 radical (unpaired) electrons. The maximum Gasteiger partial charge on any atom is 0.446 e. The molecule has 1 atom stereocenters. The van der Waals surface area contributed by atoms with Gasteiger partial charge in [0.25, 0.3) is 0 Å². The molecule has 27 heavy (non-hydrogen) atoms. The number of fused-ring (bicyclic) bond motifs is 1. The van der Waals surface area contributed by atoms with Gasteiger partial charge < -0.3 is 9.47 Å². The number of nitrogens with zero attached hydrogens (tertiary/aromatic N) is 2. The third-order valence-corrected chi connectivity index (χ3v) is 6.67. The van der Waals surface area contributed by atoms with Crippen molar-refractivity contribution < 1.29 is 14.0 Å². The highest BCUT2D eigenvalue weighted by Crippen LogP contribution is 2.50. The van der Waals surface area contributed by atoms with E-state index in [1.807, 2.05) is 36.6 Å². The molecule has 2 aromatic rings. The topological polar surface area (TPSA) is 66.5 Å². The lowest BCUT2D eigenvalue weighted by atomic mass is 9.90. The van der Waals surface area contributed by atoms with Gasteiger partial charge in [0.2, 0.25) is 10.8 Å². The van der Waals surface area contributed by atoms with Gasteiger partial charge in [0.05, 0.1) is 13.7 Å². The van der Waals surface area contributed by atoms with Crippen LogP contribution in [0.1, 0.15) is 50.4 Å². The Hall–Kier alpha value is -1.99. The molecule has 1 aromatic heterocycles. The summed E-state index contributed by atoms with van der Waals surface area (Å²) in [5, 5.41) is 6.04. The summed E-state index contributed by atoms with van der Waals surface area (Å²) in [4.78, 5) is 11.3. The average Bonchev–Trinajstić information content (AvgIpc) is 3.12. The number of hydrogen-bond donors (Lipinski definition) is 0. The SMILES string of the molecule is COc1ccccc1C1(OCC2CCCCC2)SC=C(C)n2c1noc2=O. The maximum atomic E-state index is 12.3. The fourth-order valence-corrected chi connectivity index (χ4v) is 5.02. The standard InChI is InChI=1S/C20H24N2O4S/c1-14-13-27-20(18-21-26-19(23)22(14)18,16-10-6-7-11-17(16)24-2)25-12-15-8-4-3-5-9-15/h6-7,10-11,13,15H,3-5,8-9,12H2,1-2H3. The van der Waals surface area contributed by atoms with Crippen LogP contribution in [0.2, 0.25) is 0 Å². The van der Waals surface area contributed by atoms with Crippen LogP contribution in [0.4, 0.5) is 0 Å². The van der Waals surface area contributed by atoms with Gasteiger partial charge in [0.15, 0.2) is 0 Å². The van der Waals surface area contributed by atoms with E-state index in [1.165, 1.54) is 48.4 Å². The quantitative estimate of drug-likeness (QED) is 0.764. The third-order valence-electron chi connectivity index (χ3n) is 5.36. The first-order valence-electron chi connectivity index (χ1n) is 9.37. The predicted molar refractivity (Wildman–Crippen MR) is 105 cm³/mol. The molecule has 1 aliphatic heterocycles. The molecule has 1 aromatic carbocycles. The first-order chi connectivity index (χ1) is 13.2. The van der Waals surface area contributed by atoms with Crippen LogP contribution in [0.5, 0.6) is 5.75 Å². The van der Waals surface area contributed by atoms with Crippen molar-refractivity contribution in [3.8, 4) is 5.75 Å². The van der Waals surface area contributed by atoms with Crippen LogP contribution in [-0.4, -0.2) is 23.4 Å². The summed E-state index contributed by atoms with van der Waals surface area (Å²) in [6.45, 7) is 2.47. The zero-order valence-electron chi connectivity index (χ0n) is 15.6. The fourth-order valence-electron chi connectivity index (χ4n) is 3.91. The van der Waals surface area contributed by atoms with Crippen LogP contribution in [0, 0.1) is 5.92 Å². The van der Waals surface area contributed by atoms with Gasteiger partial charge >= 0.3 is 5.76 Å². The van der Waals surface area contributed by atoms with Gasteiger partial charge in [0.1, 0.15) is 5.75 Å². The van der Waals surface area contributed by atoms with Crippen molar-refractivity contribution in [2.45, 2.75) is 44.0 Å². The van der Waals surface area contributed by atoms with Crippen LogP contribution < -0.4 is 10.5 Å². The Morgan fingerprint density at radius 1 is 1.30 bits per heavy atom. The van der Waals surface area contributed by atoms with Crippen LogP contribution in [0.3, 0.4) is 0 Å². The molecule has 4 rings (SSSR count). The molecule has 0 bridgehead atoms. The summed E-state index contributed by atoms with van der Waals surface area (Å²) in [5.74, 6) is 1.17. The van der Waals surface area contributed by atoms with E-state index in [9.17, 15) is 4.79 Å². The van der Waals surface area contributed by atoms with Crippen LogP contribution >= 0.6 is 11.8 Å². The Kier molecular flexibility index (Phi) is 5.14. The van der Waals surface area contributed by atoms with Crippen LogP contribution in [0.25, 0.3) is 5.70 Å². The van der Waals surface area contributed by atoms with E-state index < -0.39 is 10.7 Å². The molecule has 0 N–H and O–H groups in total. The number of allylic oxidation sites excluding steroid dienone is 1. The summed E-state index contributed by atoms with van der Waals surface area (Å²) in [7, 11) is 1.64. The van der Waals surface area contributed by atoms with E-state index in [4.69, 9.17) is 14.0 Å². The molecule has 0 spiro atoms. The van der Waals surface area contributed by atoms with E-state index in [-0.39, 0.29) is 0 Å². The number of hydrogen-bond acceptors (Lipinski definition) is 6. The van der Waals surface area contributed by atoms with Gasteiger partial charge in [-0.25, -0.2) is 9.36 Å². The molecule has 1 unspecified atom stereocenters. The van der Waals surface area contributed by atoms with Gasteiger partial charge in [-0.1, -0.05) is 54.4 Å². The Balaban J connectivity index is 1.80. The van der Waals surface area contributed by atoms with Crippen molar-refractivity contribution in [2.24, 2.45) is 5.92 Å². The zero-order valence-corrected chi connectivity index (χ0v) is 16.5. The Bertz CT molecular complexity index is 897. The summed E-state index contributed by atoms with van der Waals surface area (Å²) in [6, 6.07) is 7.72. The fraction of sp³-hybridized carbons (Fsp3) is 0.500. The highest BCUT2D eigenvalue weighted by Gasteiger charge is 2.47. The summed E-state index contributed by atoms with van der Waals surface area (Å²) in [6.07, 6.45) is 6.14. The van der Waals surface area contributed by atoms with Gasteiger partial charge in [0, 0.05) is 11.3 Å². The van der Waals surface area contributed by atoms with Crippen molar-refractivity contribution in [1.82, 2.24) is 9.72 Å². The molecule has 1 aliphatic carbocycles. The van der Waals surface area contributed by atoms with E-state index in [1.54, 1.807) is 7.11 Å². The third kappa shape index (κ3) is 3.23. The molecule has 7 heteroatoms. The second-order valence-electron chi connectivity index (χ2n) is 7.12. The maximum absolute atomic E-state index is 12.3. The molecular weight excluding hydrogens is 364 g/mol. The Morgan fingerprint density at radius 2 is 2.07 bits per heavy atom. The molecule has 1 fully saturated rings. The first-order valence-corrected chi connectivity index (χ1v) is 10.3. The minimum atomic E-state index is -0.976.